The van der Waals surface area contributed by atoms with Gasteiger partial charge in [0.2, 0.25) is 0 Å². The van der Waals surface area contributed by atoms with Gasteiger partial charge in [0.25, 0.3) is 0 Å². The Hall–Kier alpha value is -1.46. The number of rotatable bonds is 7. The van der Waals surface area contributed by atoms with Gasteiger partial charge in [-0.3, -0.25) is 0 Å². The smallest absolute Gasteiger partial charge is 0.404 e. The zero-order valence-corrected chi connectivity index (χ0v) is 10.7. The molecule has 0 aromatic heterocycles. The van der Waals surface area contributed by atoms with E-state index in [9.17, 15) is 9.59 Å². The molecule has 0 saturated carbocycles. The third-order valence-electron chi connectivity index (χ3n) is 3.00. The topological polar surface area (TPSA) is 105 Å². The van der Waals surface area contributed by atoms with E-state index in [0.29, 0.717) is 0 Å². The maximum Gasteiger partial charge on any atom is 0.404 e. The van der Waals surface area contributed by atoms with Crippen molar-refractivity contribution < 1.29 is 19.1 Å². The summed E-state index contributed by atoms with van der Waals surface area (Å²) in [6.07, 6.45) is 0.253. The molecule has 4 N–H and O–H groups in total. The van der Waals surface area contributed by atoms with Crippen molar-refractivity contribution in [2.75, 3.05) is 13.2 Å². The summed E-state index contributed by atoms with van der Waals surface area (Å²) >= 11 is 0. The lowest BCUT2D eigenvalue weighted by Crippen LogP contribution is -2.38. The number of ether oxygens (including phenoxy) is 2. The summed E-state index contributed by atoms with van der Waals surface area (Å²) in [7, 11) is 0. The van der Waals surface area contributed by atoms with E-state index >= 15 is 0 Å². The van der Waals surface area contributed by atoms with Crippen LogP contribution in [0.2, 0.25) is 0 Å². The van der Waals surface area contributed by atoms with Crippen LogP contribution in [0.5, 0.6) is 0 Å². The predicted molar refractivity (Wildman–Crippen MR) is 63.2 cm³/mol. The molecule has 0 radical (unpaired) electrons. The van der Waals surface area contributed by atoms with Gasteiger partial charge < -0.3 is 20.9 Å². The summed E-state index contributed by atoms with van der Waals surface area (Å²) in [5.74, 6) is 0.214. The number of nitrogens with two attached hydrogens (primary N) is 2. The largest absolute Gasteiger partial charge is 0.449 e. The Kier molecular flexibility index (Phi) is 6.38. The number of primary amides is 2. The fraction of sp³-hybridized carbons (Fsp3) is 0.818. The predicted octanol–water partition coefficient (Wildman–Crippen LogP) is 1.62. The van der Waals surface area contributed by atoms with Gasteiger partial charge in [-0.15, -0.1) is 0 Å². The molecule has 0 aromatic rings. The molecule has 0 aliphatic carbocycles. The third-order valence-corrected chi connectivity index (χ3v) is 3.00. The summed E-state index contributed by atoms with van der Waals surface area (Å²) < 4.78 is 9.63. The van der Waals surface area contributed by atoms with Crippen LogP contribution in [-0.2, 0) is 9.47 Å². The lowest BCUT2D eigenvalue weighted by atomic mass is 9.77. The van der Waals surface area contributed by atoms with Crippen LogP contribution >= 0.6 is 0 Å². The molecule has 6 nitrogen and oxygen atoms in total. The molecule has 0 rings (SSSR count). The van der Waals surface area contributed by atoms with Crippen molar-refractivity contribution in [2.24, 2.45) is 22.8 Å². The highest BCUT2D eigenvalue weighted by Gasteiger charge is 2.33. The first-order valence-electron chi connectivity index (χ1n) is 5.66. The molecule has 17 heavy (non-hydrogen) atoms. The van der Waals surface area contributed by atoms with Crippen molar-refractivity contribution in [1.29, 1.82) is 0 Å². The monoisotopic (exact) mass is 246 g/mol. The number of hydrogen-bond donors (Lipinski definition) is 2. The molecule has 2 amide bonds. The normalized spacial score (nSPS) is 12.9. The number of carbonyl (C=O) groups excluding carboxylic acids is 2. The van der Waals surface area contributed by atoms with E-state index in [4.69, 9.17) is 20.9 Å². The maximum atomic E-state index is 10.6. The molecular weight excluding hydrogens is 224 g/mol. The SMILES string of the molecule is CCCC(C)C(C)(COC(N)=O)COC(N)=O. The van der Waals surface area contributed by atoms with E-state index in [1.54, 1.807) is 0 Å². The average molecular weight is 246 g/mol. The van der Waals surface area contributed by atoms with Gasteiger partial charge in [-0.2, -0.15) is 0 Å². The lowest BCUT2D eigenvalue weighted by molar-refractivity contribution is 0.00646. The minimum absolute atomic E-state index is 0.108. The second kappa shape index (κ2) is 6.98. The highest BCUT2D eigenvalue weighted by Crippen LogP contribution is 2.31. The van der Waals surface area contributed by atoms with Gasteiger partial charge in [0.15, 0.2) is 0 Å². The van der Waals surface area contributed by atoms with Gasteiger partial charge in [0.1, 0.15) is 13.2 Å². The first-order valence-corrected chi connectivity index (χ1v) is 5.66. The van der Waals surface area contributed by atoms with E-state index in [0.717, 1.165) is 12.8 Å². The molecule has 6 heteroatoms. The third kappa shape index (κ3) is 5.99. The van der Waals surface area contributed by atoms with E-state index in [1.807, 2.05) is 13.8 Å². The molecule has 1 atom stereocenters. The highest BCUT2D eigenvalue weighted by atomic mass is 16.6. The zero-order chi connectivity index (χ0) is 13.5. The van der Waals surface area contributed by atoms with Gasteiger partial charge in [0.05, 0.1) is 0 Å². The van der Waals surface area contributed by atoms with Crippen molar-refractivity contribution in [2.45, 2.75) is 33.6 Å². The van der Waals surface area contributed by atoms with Crippen LogP contribution < -0.4 is 11.5 Å². The molecule has 0 heterocycles. The Labute approximate surface area is 102 Å². The molecule has 0 spiro atoms. The minimum atomic E-state index is -0.834. The van der Waals surface area contributed by atoms with E-state index < -0.39 is 17.6 Å². The fourth-order valence-electron chi connectivity index (χ4n) is 1.58. The van der Waals surface area contributed by atoms with Crippen LogP contribution in [0.1, 0.15) is 33.6 Å². The lowest BCUT2D eigenvalue weighted by Gasteiger charge is -2.34. The standard InChI is InChI=1S/C11H22N2O4/c1-4-5-8(2)11(3,6-16-9(12)14)7-17-10(13)15/h8H,4-7H2,1-3H3,(H2,12,14)(H2,13,15). The first kappa shape index (κ1) is 15.5. The summed E-state index contributed by atoms with van der Waals surface area (Å²) in [4.78, 5) is 21.3. The Morgan fingerprint density at radius 2 is 1.59 bits per heavy atom. The quantitative estimate of drug-likeness (QED) is 0.712. The van der Waals surface area contributed by atoms with Gasteiger partial charge in [-0.05, 0) is 5.92 Å². The molecule has 0 bridgehead atoms. The summed E-state index contributed by atoms with van der Waals surface area (Å²) in [5.41, 5.74) is 9.40. The number of hydrogen-bond acceptors (Lipinski definition) is 4. The molecule has 0 saturated heterocycles. The summed E-state index contributed by atoms with van der Waals surface area (Å²) in [5, 5.41) is 0. The van der Waals surface area contributed by atoms with Crippen molar-refractivity contribution in [3.63, 3.8) is 0 Å². The van der Waals surface area contributed by atoms with Gasteiger partial charge in [-0.25, -0.2) is 9.59 Å². The molecule has 0 fully saturated rings. The number of amides is 2. The zero-order valence-electron chi connectivity index (χ0n) is 10.7. The summed E-state index contributed by atoms with van der Waals surface area (Å²) in [6.45, 7) is 6.16. The van der Waals surface area contributed by atoms with E-state index in [1.165, 1.54) is 0 Å². The summed E-state index contributed by atoms with van der Waals surface area (Å²) in [6, 6.07) is 0. The molecule has 0 aromatic carbocycles. The van der Waals surface area contributed by atoms with E-state index in [2.05, 4.69) is 6.92 Å². The number of carbonyl (C=O) groups is 2. The second-order valence-corrected chi connectivity index (χ2v) is 4.56. The minimum Gasteiger partial charge on any atom is -0.449 e. The molecule has 0 aliphatic rings. The Morgan fingerprint density at radius 1 is 1.18 bits per heavy atom. The van der Waals surface area contributed by atoms with E-state index in [-0.39, 0.29) is 19.1 Å². The Bertz CT molecular complexity index is 250. The van der Waals surface area contributed by atoms with Crippen LogP contribution in [0, 0.1) is 11.3 Å². The highest BCUT2D eigenvalue weighted by molar-refractivity contribution is 5.65. The van der Waals surface area contributed by atoms with Crippen LogP contribution in [-0.4, -0.2) is 25.4 Å². The molecule has 1 unspecified atom stereocenters. The van der Waals surface area contributed by atoms with Gasteiger partial charge >= 0.3 is 12.2 Å². The Balaban J connectivity index is 4.54. The molecule has 100 valence electrons. The first-order chi connectivity index (χ1) is 7.81. The molecular formula is C11H22N2O4. The fourth-order valence-corrected chi connectivity index (χ4v) is 1.58. The average Bonchev–Trinajstić information content (AvgIpc) is 2.24. The van der Waals surface area contributed by atoms with Crippen molar-refractivity contribution in [3.8, 4) is 0 Å². The van der Waals surface area contributed by atoms with Crippen molar-refractivity contribution in [3.05, 3.63) is 0 Å². The molecule has 0 aliphatic heterocycles. The van der Waals surface area contributed by atoms with Crippen LogP contribution in [0.15, 0.2) is 0 Å². The Morgan fingerprint density at radius 3 is 1.88 bits per heavy atom. The van der Waals surface area contributed by atoms with Gasteiger partial charge in [0, 0.05) is 5.41 Å². The van der Waals surface area contributed by atoms with Gasteiger partial charge in [-0.1, -0.05) is 33.6 Å². The van der Waals surface area contributed by atoms with Crippen LogP contribution in [0.25, 0.3) is 0 Å². The second-order valence-electron chi connectivity index (χ2n) is 4.56. The van der Waals surface area contributed by atoms with Crippen LogP contribution in [0.3, 0.4) is 0 Å². The maximum absolute atomic E-state index is 10.6. The van der Waals surface area contributed by atoms with Crippen molar-refractivity contribution in [1.82, 2.24) is 0 Å². The van der Waals surface area contributed by atoms with Crippen LogP contribution in [0.4, 0.5) is 9.59 Å². The van der Waals surface area contributed by atoms with Crippen molar-refractivity contribution >= 4 is 12.2 Å².